The molecule has 0 aromatic heterocycles. The fourth-order valence-electron chi connectivity index (χ4n) is 2.18. The summed E-state index contributed by atoms with van der Waals surface area (Å²) in [6.07, 6.45) is 3.14. The molecule has 0 bridgehead atoms. The van der Waals surface area contributed by atoms with Crippen LogP contribution in [0.5, 0.6) is 0 Å². The SMILES string of the molecule is COC[C@H]1C(=O)NCCN1C(=O)C=Cc1cccc(Cl)c1. The maximum Gasteiger partial charge on any atom is 0.247 e. The van der Waals surface area contributed by atoms with Crippen LogP contribution in [0.15, 0.2) is 30.3 Å². The smallest absolute Gasteiger partial charge is 0.247 e. The molecule has 1 fully saturated rings. The third-order valence-electron chi connectivity index (χ3n) is 3.21. The molecule has 0 aliphatic carbocycles. The number of halogens is 1. The van der Waals surface area contributed by atoms with Gasteiger partial charge in [0.25, 0.3) is 0 Å². The van der Waals surface area contributed by atoms with E-state index in [0.29, 0.717) is 18.1 Å². The van der Waals surface area contributed by atoms with Gasteiger partial charge in [0.15, 0.2) is 0 Å². The summed E-state index contributed by atoms with van der Waals surface area (Å²) in [6, 6.07) is 6.62. The van der Waals surface area contributed by atoms with Gasteiger partial charge >= 0.3 is 0 Å². The Bertz CT molecular complexity index is 560. The quantitative estimate of drug-likeness (QED) is 0.854. The monoisotopic (exact) mass is 308 g/mol. The lowest BCUT2D eigenvalue weighted by molar-refractivity contribution is -0.142. The van der Waals surface area contributed by atoms with Gasteiger partial charge in [-0.3, -0.25) is 9.59 Å². The molecule has 1 aliphatic rings. The van der Waals surface area contributed by atoms with Gasteiger partial charge in [0.05, 0.1) is 6.61 Å². The fourth-order valence-corrected chi connectivity index (χ4v) is 2.37. The average Bonchev–Trinajstić information content (AvgIpc) is 2.47. The Balaban J connectivity index is 2.09. The van der Waals surface area contributed by atoms with E-state index in [1.54, 1.807) is 18.2 Å². The first kappa shape index (κ1) is 15.5. The molecule has 112 valence electrons. The van der Waals surface area contributed by atoms with Crippen LogP contribution in [0.2, 0.25) is 5.02 Å². The Hall–Kier alpha value is -1.85. The molecular formula is C15H17ClN2O3. The number of carbonyl (C=O) groups excluding carboxylic acids is 2. The predicted molar refractivity (Wildman–Crippen MR) is 80.9 cm³/mol. The van der Waals surface area contributed by atoms with E-state index in [4.69, 9.17) is 16.3 Å². The summed E-state index contributed by atoms with van der Waals surface area (Å²) < 4.78 is 5.01. The number of hydrogen-bond acceptors (Lipinski definition) is 3. The van der Waals surface area contributed by atoms with E-state index in [9.17, 15) is 9.59 Å². The highest BCUT2D eigenvalue weighted by molar-refractivity contribution is 6.30. The number of nitrogens with one attached hydrogen (secondary N) is 1. The zero-order valence-electron chi connectivity index (χ0n) is 11.7. The van der Waals surface area contributed by atoms with Gasteiger partial charge in [0.1, 0.15) is 6.04 Å². The highest BCUT2D eigenvalue weighted by Gasteiger charge is 2.31. The highest BCUT2D eigenvalue weighted by Crippen LogP contribution is 2.13. The number of benzene rings is 1. The first-order valence-electron chi connectivity index (χ1n) is 6.62. The number of carbonyl (C=O) groups is 2. The lowest BCUT2D eigenvalue weighted by Gasteiger charge is -2.33. The van der Waals surface area contributed by atoms with Gasteiger partial charge in [-0.05, 0) is 23.8 Å². The van der Waals surface area contributed by atoms with Crippen LogP contribution in [0.4, 0.5) is 0 Å². The molecular weight excluding hydrogens is 292 g/mol. The van der Waals surface area contributed by atoms with Crippen molar-refractivity contribution >= 4 is 29.5 Å². The van der Waals surface area contributed by atoms with E-state index in [1.807, 2.05) is 12.1 Å². The second-order valence-corrected chi connectivity index (χ2v) is 5.12. The summed E-state index contributed by atoms with van der Waals surface area (Å²) in [5.41, 5.74) is 0.834. The number of rotatable bonds is 4. The molecule has 21 heavy (non-hydrogen) atoms. The number of amides is 2. The second kappa shape index (κ2) is 7.24. The maximum absolute atomic E-state index is 12.3. The zero-order valence-corrected chi connectivity index (χ0v) is 12.5. The van der Waals surface area contributed by atoms with Gasteiger partial charge in [0.2, 0.25) is 11.8 Å². The molecule has 0 radical (unpaired) electrons. The van der Waals surface area contributed by atoms with Crippen molar-refractivity contribution in [2.24, 2.45) is 0 Å². The summed E-state index contributed by atoms with van der Waals surface area (Å²) in [7, 11) is 1.51. The van der Waals surface area contributed by atoms with Crippen LogP contribution in [0.25, 0.3) is 6.08 Å². The number of hydrogen-bond donors (Lipinski definition) is 1. The van der Waals surface area contributed by atoms with Crippen LogP contribution in [-0.2, 0) is 14.3 Å². The molecule has 1 atom stereocenters. The van der Waals surface area contributed by atoms with E-state index in [2.05, 4.69) is 5.32 Å². The molecule has 1 aromatic carbocycles. The fraction of sp³-hybridized carbons (Fsp3) is 0.333. The predicted octanol–water partition coefficient (Wildman–Crippen LogP) is 1.33. The van der Waals surface area contributed by atoms with Crippen molar-refractivity contribution < 1.29 is 14.3 Å². The van der Waals surface area contributed by atoms with Crippen LogP contribution in [0.3, 0.4) is 0 Å². The van der Waals surface area contributed by atoms with Crippen LogP contribution in [-0.4, -0.2) is 49.6 Å². The van der Waals surface area contributed by atoms with Gasteiger partial charge in [-0.25, -0.2) is 0 Å². The van der Waals surface area contributed by atoms with Crippen LogP contribution in [0.1, 0.15) is 5.56 Å². The lowest BCUT2D eigenvalue weighted by atomic mass is 10.1. The minimum absolute atomic E-state index is 0.183. The van der Waals surface area contributed by atoms with Crippen LogP contribution < -0.4 is 5.32 Å². The van der Waals surface area contributed by atoms with Crippen molar-refractivity contribution in [2.75, 3.05) is 26.8 Å². The Morgan fingerprint density at radius 2 is 2.38 bits per heavy atom. The molecule has 0 spiro atoms. The third-order valence-corrected chi connectivity index (χ3v) is 3.44. The normalized spacial score (nSPS) is 18.9. The Morgan fingerprint density at radius 1 is 1.57 bits per heavy atom. The van der Waals surface area contributed by atoms with Crippen molar-refractivity contribution in [1.82, 2.24) is 10.2 Å². The minimum Gasteiger partial charge on any atom is -0.382 e. The van der Waals surface area contributed by atoms with Gasteiger partial charge < -0.3 is 15.0 Å². The first-order chi connectivity index (χ1) is 10.1. The van der Waals surface area contributed by atoms with Gasteiger partial charge in [0, 0.05) is 31.3 Å². The molecule has 0 saturated carbocycles. The third kappa shape index (κ3) is 4.06. The molecule has 1 N–H and O–H groups in total. The molecule has 6 heteroatoms. The van der Waals surface area contributed by atoms with Gasteiger partial charge in [-0.2, -0.15) is 0 Å². The number of ether oxygens (including phenoxy) is 1. The molecule has 1 saturated heterocycles. The van der Waals surface area contributed by atoms with E-state index < -0.39 is 6.04 Å². The molecule has 5 nitrogen and oxygen atoms in total. The van der Waals surface area contributed by atoms with Crippen molar-refractivity contribution in [3.8, 4) is 0 Å². The van der Waals surface area contributed by atoms with Crippen LogP contribution in [0, 0.1) is 0 Å². The van der Waals surface area contributed by atoms with E-state index in [1.165, 1.54) is 18.1 Å². The van der Waals surface area contributed by atoms with Crippen molar-refractivity contribution in [3.63, 3.8) is 0 Å². The summed E-state index contributed by atoms with van der Waals surface area (Å²) in [5, 5.41) is 3.34. The number of piperazine rings is 1. The van der Waals surface area contributed by atoms with Gasteiger partial charge in [-0.15, -0.1) is 0 Å². The molecule has 2 amide bonds. The maximum atomic E-state index is 12.3. The van der Waals surface area contributed by atoms with Crippen LogP contribution >= 0.6 is 11.6 Å². The Morgan fingerprint density at radius 3 is 3.10 bits per heavy atom. The molecule has 1 heterocycles. The van der Waals surface area contributed by atoms with Crippen molar-refractivity contribution in [1.29, 1.82) is 0 Å². The van der Waals surface area contributed by atoms with E-state index in [0.717, 1.165) is 5.56 Å². The molecule has 0 unspecified atom stereocenters. The molecule has 1 aliphatic heterocycles. The molecule has 2 rings (SSSR count). The number of methoxy groups -OCH3 is 1. The second-order valence-electron chi connectivity index (χ2n) is 4.68. The largest absolute Gasteiger partial charge is 0.382 e. The minimum atomic E-state index is -0.583. The average molecular weight is 309 g/mol. The summed E-state index contributed by atoms with van der Waals surface area (Å²) in [5.74, 6) is -0.403. The van der Waals surface area contributed by atoms with Gasteiger partial charge in [-0.1, -0.05) is 23.7 Å². The van der Waals surface area contributed by atoms with Crippen molar-refractivity contribution in [2.45, 2.75) is 6.04 Å². The topological polar surface area (TPSA) is 58.6 Å². The summed E-state index contributed by atoms with van der Waals surface area (Å²) in [6.45, 7) is 1.11. The standard InChI is InChI=1S/C15H17ClN2O3/c1-21-10-13-15(20)17-7-8-18(13)14(19)6-5-11-3-2-4-12(16)9-11/h2-6,9,13H,7-8,10H2,1H3,(H,17,20)/t13-/m0/s1. The highest BCUT2D eigenvalue weighted by atomic mass is 35.5. The lowest BCUT2D eigenvalue weighted by Crippen LogP contribution is -2.58. The molecule has 1 aromatic rings. The van der Waals surface area contributed by atoms with E-state index in [-0.39, 0.29) is 18.4 Å². The summed E-state index contributed by atoms with van der Waals surface area (Å²) >= 11 is 5.89. The summed E-state index contributed by atoms with van der Waals surface area (Å²) in [4.78, 5) is 25.6. The number of nitrogens with zero attached hydrogens (tertiary/aromatic N) is 1. The van der Waals surface area contributed by atoms with Crippen molar-refractivity contribution in [3.05, 3.63) is 40.9 Å². The Labute approximate surface area is 128 Å². The van der Waals surface area contributed by atoms with E-state index >= 15 is 0 Å². The Kier molecular flexibility index (Phi) is 5.36. The first-order valence-corrected chi connectivity index (χ1v) is 7.00. The zero-order chi connectivity index (χ0) is 15.2.